The Labute approximate surface area is 201 Å². The summed E-state index contributed by atoms with van der Waals surface area (Å²) in [5, 5.41) is 7.73. The first-order valence-electron chi connectivity index (χ1n) is 11.5. The summed E-state index contributed by atoms with van der Waals surface area (Å²) in [4.78, 5) is 46.6. The van der Waals surface area contributed by atoms with Crippen molar-refractivity contribution in [3.8, 4) is 0 Å². The van der Waals surface area contributed by atoms with Crippen LogP contribution in [0.4, 0.5) is 11.5 Å². The Hall–Kier alpha value is -3.34. The average molecular weight is 484 g/mol. The van der Waals surface area contributed by atoms with E-state index in [-0.39, 0.29) is 36.3 Å². The number of H-pyrrole nitrogens is 2. The second-order valence-electron chi connectivity index (χ2n) is 8.38. The number of anilines is 2. The molecule has 0 atom stereocenters. The SMILES string of the molecule is CCCN(C(=O)CSc1n[nH]c(C2CCCC2)n1)c1c(N)n(Cc2ccccc2)c(=O)[nH]c1=O. The molecule has 1 aromatic carbocycles. The molecule has 0 spiro atoms. The van der Waals surface area contributed by atoms with Gasteiger partial charge in [0.2, 0.25) is 11.1 Å². The predicted octanol–water partition coefficient (Wildman–Crippen LogP) is 2.48. The van der Waals surface area contributed by atoms with Crippen LogP contribution in [0.2, 0.25) is 0 Å². The van der Waals surface area contributed by atoms with Crippen molar-refractivity contribution in [2.75, 3.05) is 22.9 Å². The molecule has 1 aliphatic rings. The molecule has 10 nitrogen and oxygen atoms in total. The van der Waals surface area contributed by atoms with Gasteiger partial charge in [-0.15, -0.1) is 5.10 Å². The average Bonchev–Trinajstić information content (AvgIpc) is 3.52. The van der Waals surface area contributed by atoms with Crippen molar-refractivity contribution < 1.29 is 4.79 Å². The van der Waals surface area contributed by atoms with Crippen LogP contribution < -0.4 is 21.9 Å². The van der Waals surface area contributed by atoms with E-state index in [0.29, 0.717) is 17.5 Å². The van der Waals surface area contributed by atoms with Crippen LogP contribution in [0.15, 0.2) is 45.1 Å². The molecule has 1 aliphatic carbocycles. The zero-order valence-electron chi connectivity index (χ0n) is 19.1. The summed E-state index contributed by atoms with van der Waals surface area (Å²) in [6.45, 7) is 2.37. The Kier molecular flexibility index (Phi) is 7.51. The van der Waals surface area contributed by atoms with Gasteiger partial charge in [0.15, 0.2) is 5.69 Å². The molecule has 0 saturated heterocycles. The Bertz CT molecular complexity index is 1250. The number of nitrogen functional groups attached to an aromatic ring is 1. The number of amides is 1. The van der Waals surface area contributed by atoms with Crippen molar-refractivity contribution in [2.24, 2.45) is 0 Å². The van der Waals surface area contributed by atoms with Gasteiger partial charge in [0, 0.05) is 12.5 Å². The third-order valence-electron chi connectivity index (χ3n) is 5.96. The van der Waals surface area contributed by atoms with Crippen LogP contribution in [0.3, 0.4) is 0 Å². The Morgan fingerprint density at radius 2 is 1.97 bits per heavy atom. The fourth-order valence-corrected chi connectivity index (χ4v) is 4.94. The molecule has 0 aliphatic heterocycles. The molecular weight excluding hydrogens is 454 g/mol. The van der Waals surface area contributed by atoms with Gasteiger partial charge in [-0.25, -0.2) is 9.78 Å². The van der Waals surface area contributed by atoms with Gasteiger partial charge in [-0.2, -0.15) is 0 Å². The lowest BCUT2D eigenvalue weighted by Gasteiger charge is -2.24. The van der Waals surface area contributed by atoms with Crippen LogP contribution in [-0.4, -0.2) is 42.9 Å². The number of nitrogens with two attached hydrogens (primary N) is 1. The first-order valence-corrected chi connectivity index (χ1v) is 12.5. The van der Waals surface area contributed by atoms with Crippen LogP contribution in [0.25, 0.3) is 0 Å². The number of aromatic amines is 2. The topological polar surface area (TPSA) is 143 Å². The van der Waals surface area contributed by atoms with E-state index in [9.17, 15) is 14.4 Å². The highest BCUT2D eigenvalue weighted by molar-refractivity contribution is 7.99. The van der Waals surface area contributed by atoms with Gasteiger partial charge in [0.05, 0.1) is 12.3 Å². The summed E-state index contributed by atoms with van der Waals surface area (Å²) in [5.41, 5.74) is 5.84. The molecule has 2 aromatic heterocycles. The van der Waals surface area contributed by atoms with Crippen molar-refractivity contribution in [3.63, 3.8) is 0 Å². The lowest BCUT2D eigenvalue weighted by atomic mass is 10.1. The third-order valence-corrected chi connectivity index (χ3v) is 6.80. The maximum atomic E-state index is 13.2. The van der Waals surface area contributed by atoms with Gasteiger partial charge in [0.25, 0.3) is 5.56 Å². The van der Waals surface area contributed by atoms with E-state index in [2.05, 4.69) is 20.2 Å². The number of benzene rings is 1. The normalized spacial score (nSPS) is 13.9. The molecular formula is C23H29N7O3S. The molecule has 1 fully saturated rings. The summed E-state index contributed by atoms with van der Waals surface area (Å²) >= 11 is 1.21. The number of rotatable bonds is 9. The minimum atomic E-state index is -0.681. The summed E-state index contributed by atoms with van der Waals surface area (Å²) < 4.78 is 1.28. The minimum Gasteiger partial charge on any atom is -0.383 e. The van der Waals surface area contributed by atoms with E-state index in [1.807, 2.05) is 37.3 Å². The Morgan fingerprint density at radius 3 is 2.68 bits per heavy atom. The zero-order chi connectivity index (χ0) is 24.1. The summed E-state index contributed by atoms with van der Waals surface area (Å²) in [6.07, 6.45) is 5.20. The number of aromatic nitrogens is 5. The molecule has 3 aromatic rings. The fraction of sp³-hybridized carbons (Fsp3) is 0.435. The molecule has 0 radical (unpaired) electrons. The van der Waals surface area contributed by atoms with Gasteiger partial charge in [-0.1, -0.05) is 61.9 Å². The molecule has 2 heterocycles. The second-order valence-corrected chi connectivity index (χ2v) is 9.33. The maximum absolute atomic E-state index is 13.2. The number of hydrogen-bond donors (Lipinski definition) is 3. The van der Waals surface area contributed by atoms with Crippen molar-refractivity contribution in [3.05, 3.63) is 62.6 Å². The fourth-order valence-electron chi connectivity index (χ4n) is 4.25. The third kappa shape index (κ3) is 5.24. The van der Waals surface area contributed by atoms with E-state index < -0.39 is 11.2 Å². The number of nitrogens with zero attached hydrogens (tertiary/aromatic N) is 4. The molecule has 180 valence electrons. The maximum Gasteiger partial charge on any atom is 0.330 e. The predicted molar refractivity (Wildman–Crippen MR) is 132 cm³/mol. The van der Waals surface area contributed by atoms with Gasteiger partial charge in [-0.3, -0.25) is 24.2 Å². The molecule has 11 heteroatoms. The van der Waals surface area contributed by atoms with Crippen LogP contribution in [0.5, 0.6) is 0 Å². The van der Waals surface area contributed by atoms with Crippen LogP contribution in [0, 0.1) is 0 Å². The van der Waals surface area contributed by atoms with Gasteiger partial charge in [0.1, 0.15) is 11.6 Å². The highest BCUT2D eigenvalue weighted by Gasteiger charge is 2.25. The minimum absolute atomic E-state index is 0.00962. The Morgan fingerprint density at radius 1 is 1.24 bits per heavy atom. The highest BCUT2D eigenvalue weighted by Crippen LogP contribution is 2.32. The van der Waals surface area contributed by atoms with Crippen molar-refractivity contribution >= 4 is 29.2 Å². The van der Waals surface area contributed by atoms with E-state index in [0.717, 1.165) is 24.2 Å². The zero-order valence-corrected chi connectivity index (χ0v) is 19.9. The summed E-state index contributed by atoms with van der Waals surface area (Å²) in [5.74, 6) is 0.968. The smallest absolute Gasteiger partial charge is 0.330 e. The monoisotopic (exact) mass is 483 g/mol. The molecule has 0 bridgehead atoms. The number of carbonyl (C=O) groups is 1. The van der Waals surface area contributed by atoms with Crippen LogP contribution in [0.1, 0.15) is 56.3 Å². The van der Waals surface area contributed by atoms with Crippen LogP contribution in [-0.2, 0) is 11.3 Å². The van der Waals surface area contributed by atoms with Gasteiger partial charge in [-0.05, 0) is 24.8 Å². The molecule has 4 rings (SSSR count). The Balaban J connectivity index is 1.55. The number of hydrogen-bond acceptors (Lipinski definition) is 7. The standard InChI is InChI=1S/C23H29N7O3S/c1-2-12-29(17(31)14-34-22-25-20(27-28-22)16-10-6-7-11-16)18-19(24)30(23(33)26-21(18)32)13-15-8-4-3-5-9-15/h3-5,8-9,16H,2,6-7,10-14,24H2,1H3,(H,25,27,28)(H,26,32,33). The highest BCUT2D eigenvalue weighted by atomic mass is 32.2. The van der Waals surface area contributed by atoms with Crippen molar-refractivity contribution in [1.82, 2.24) is 24.7 Å². The first-order chi connectivity index (χ1) is 16.5. The lowest BCUT2D eigenvalue weighted by molar-refractivity contribution is -0.116. The van der Waals surface area contributed by atoms with Gasteiger partial charge < -0.3 is 10.6 Å². The first kappa shape index (κ1) is 23.8. The second kappa shape index (κ2) is 10.7. The number of nitrogens with one attached hydrogen (secondary N) is 2. The van der Waals surface area contributed by atoms with E-state index in [1.165, 1.54) is 34.1 Å². The van der Waals surface area contributed by atoms with E-state index in [1.54, 1.807) is 0 Å². The summed E-state index contributed by atoms with van der Waals surface area (Å²) in [6, 6.07) is 9.30. The largest absolute Gasteiger partial charge is 0.383 e. The molecule has 1 amide bonds. The number of carbonyl (C=O) groups excluding carboxylic acids is 1. The molecule has 4 N–H and O–H groups in total. The van der Waals surface area contributed by atoms with Crippen LogP contribution >= 0.6 is 11.8 Å². The van der Waals surface area contributed by atoms with Crippen molar-refractivity contribution in [2.45, 2.75) is 56.6 Å². The molecule has 34 heavy (non-hydrogen) atoms. The quantitative estimate of drug-likeness (QED) is 0.397. The van der Waals surface area contributed by atoms with Crippen molar-refractivity contribution in [1.29, 1.82) is 0 Å². The van der Waals surface area contributed by atoms with E-state index >= 15 is 0 Å². The summed E-state index contributed by atoms with van der Waals surface area (Å²) in [7, 11) is 0. The van der Waals surface area contributed by atoms with E-state index in [4.69, 9.17) is 5.73 Å². The lowest BCUT2D eigenvalue weighted by Crippen LogP contribution is -2.42. The molecule has 0 unspecified atom stereocenters. The van der Waals surface area contributed by atoms with Gasteiger partial charge >= 0.3 is 5.69 Å². The number of thioether (sulfide) groups is 1. The molecule has 1 saturated carbocycles.